The number of nitrogens with one attached hydrogen (secondary N) is 1. The molecule has 1 aliphatic carbocycles. The minimum absolute atomic E-state index is 0.0533. The van der Waals surface area contributed by atoms with Crippen molar-refractivity contribution < 1.29 is 18.8 Å². The molecule has 1 N–H and O–H groups in total. The molecule has 0 bridgehead atoms. The van der Waals surface area contributed by atoms with E-state index in [2.05, 4.69) is 15.5 Å². The molecule has 2 fully saturated rings. The predicted octanol–water partition coefficient (Wildman–Crippen LogP) is 2.52. The van der Waals surface area contributed by atoms with Gasteiger partial charge >= 0.3 is 6.03 Å². The lowest BCUT2D eigenvalue weighted by molar-refractivity contribution is 0.174. The molecule has 3 heterocycles. The standard InChI is InChI=1S/C18H20N4O4/c23-18(19-13-2-3-13)22-7-5-11(6-8-22)17-20-16(21-26-17)12-1-4-14-15(9-12)25-10-24-14/h1,4,9,11,13H,2-3,5-8,10H2,(H,19,23). The van der Waals surface area contributed by atoms with E-state index in [0.717, 1.165) is 37.0 Å². The van der Waals surface area contributed by atoms with Crippen LogP contribution in [0.25, 0.3) is 11.4 Å². The highest BCUT2D eigenvalue weighted by atomic mass is 16.7. The number of amides is 2. The van der Waals surface area contributed by atoms with Crippen molar-refractivity contribution in [3.63, 3.8) is 0 Å². The predicted molar refractivity (Wildman–Crippen MR) is 91.0 cm³/mol. The Hall–Kier alpha value is -2.77. The number of hydrogen-bond donors (Lipinski definition) is 1. The van der Waals surface area contributed by atoms with E-state index < -0.39 is 0 Å². The summed E-state index contributed by atoms with van der Waals surface area (Å²) in [5, 5.41) is 7.15. The van der Waals surface area contributed by atoms with E-state index >= 15 is 0 Å². The highest BCUT2D eigenvalue weighted by Gasteiger charge is 2.30. The van der Waals surface area contributed by atoms with Crippen molar-refractivity contribution >= 4 is 6.03 Å². The molecule has 0 radical (unpaired) electrons. The summed E-state index contributed by atoms with van der Waals surface area (Å²) in [5.74, 6) is 2.81. The van der Waals surface area contributed by atoms with Crippen LogP contribution in [0.3, 0.4) is 0 Å². The Morgan fingerprint density at radius 1 is 1.12 bits per heavy atom. The van der Waals surface area contributed by atoms with Crippen molar-refractivity contribution in [3.8, 4) is 22.9 Å². The average Bonchev–Trinajstić information content (AvgIpc) is 3.17. The van der Waals surface area contributed by atoms with Gasteiger partial charge in [0.05, 0.1) is 0 Å². The largest absolute Gasteiger partial charge is 0.454 e. The average molecular weight is 356 g/mol. The van der Waals surface area contributed by atoms with Gasteiger partial charge in [0.25, 0.3) is 0 Å². The van der Waals surface area contributed by atoms with Gasteiger partial charge in [-0.3, -0.25) is 0 Å². The van der Waals surface area contributed by atoms with Crippen LogP contribution in [-0.4, -0.2) is 47.0 Å². The van der Waals surface area contributed by atoms with Crippen molar-refractivity contribution in [1.29, 1.82) is 0 Å². The maximum absolute atomic E-state index is 12.1. The minimum Gasteiger partial charge on any atom is -0.454 e. The van der Waals surface area contributed by atoms with Crippen LogP contribution < -0.4 is 14.8 Å². The number of hydrogen-bond acceptors (Lipinski definition) is 6. The van der Waals surface area contributed by atoms with Crippen LogP contribution in [-0.2, 0) is 0 Å². The number of piperidine rings is 1. The van der Waals surface area contributed by atoms with Gasteiger partial charge in [0.15, 0.2) is 11.5 Å². The van der Waals surface area contributed by atoms with Gasteiger partial charge in [0, 0.05) is 30.6 Å². The van der Waals surface area contributed by atoms with E-state index in [0.29, 0.717) is 36.6 Å². The van der Waals surface area contributed by atoms with E-state index in [-0.39, 0.29) is 18.7 Å². The van der Waals surface area contributed by atoms with Gasteiger partial charge in [-0.1, -0.05) is 5.16 Å². The van der Waals surface area contributed by atoms with Crippen LogP contribution in [0.4, 0.5) is 4.79 Å². The first-order chi connectivity index (χ1) is 12.8. The summed E-state index contributed by atoms with van der Waals surface area (Å²) in [6.45, 7) is 1.67. The molecule has 136 valence electrons. The number of carbonyl (C=O) groups is 1. The van der Waals surface area contributed by atoms with Crippen molar-refractivity contribution in [2.45, 2.75) is 37.6 Å². The molecule has 2 amide bonds. The highest BCUT2D eigenvalue weighted by Crippen LogP contribution is 2.36. The summed E-state index contributed by atoms with van der Waals surface area (Å²) in [5.41, 5.74) is 0.838. The first-order valence-electron chi connectivity index (χ1n) is 9.05. The number of urea groups is 1. The third kappa shape index (κ3) is 2.95. The molecule has 1 aromatic heterocycles. The van der Waals surface area contributed by atoms with Crippen LogP contribution >= 0.6 is 0 Å². The van der Waals surface area contributed by atoms with Gasteiger partial charge in [0.1, 0.15) is 0 Å². The summed E-state index contributed by atoms with van der Waals surface area (Å²) in [7, 11) is 0. The van der Waals surface area contributed by atoms with E-state index in [4.69, 9.17) is 14.0 Å². The summed E-state index contributed by atoms with van der Waals surface area (Å²) in [6, 6.07) is 6.05. The fourth-order valence-electron chi connectivity index (χ4n) is 3.38. The smallest absolute Gasteiger partial charge is 0.317 e. The lowest BCUT2D eigenvalue weighted by Gasteiger charge is -2.30. The molecule has 2 aliphatic heterocycles. The number of rotatable bonds is 3. The molecule has 8 nitrogen and oxygen atoms in total. The summed E-state index contributed by atoms with van der Waals surface area (Å²) < 4.78 is 16.2. The SMILES string of the molecule is O=C(NC1CC1)N1CCC(c2nc(-c3ccc4c(c3)OCO4)no2)CC1. The monoisotopic (exact) mass is 356 g/mol. The topological polar surface area (TPSA) is 89.7 Å². The normalized spacial score (nSPS) is 19.6. The Morgan fingerprint density at radius 3 is 2.73 bits per heavy atom. The molecule has 1 aromatic carbocycles. The zero-order valence-corrected chi connectivity index (χ0v) is 14.3. The van der Waals surface area contributed by atoms with Crippen molar-refractivity contribution in [2.24, 2.45) is 0 Å². The first-order valence-corrected chi connectivity index (χ1v) is 9.05. The lowest BCUT2D eigenvalue weighted by Crippen LogP contribution is -2.44. The van der Waals surface area contributed by atoms with E-state index in [1.807, 2.05) is 23.1 Å². The second kappa shape index (κ2) is 6.19. The Kier molecular flexibility index (Phi) is 3.69. The van der Waals surface area contributed by atoms with Crippen molar-refractivity contribution in [2.75, 3.05) is 19.9 Å². The van der Waals surface area contributed by atoms with Gasteiger partial charge in [0.2, 0.25) is 18.5 Å². The van der Waals surface area contributed by atoms with Gasteiger partial charge in [-0.2, -0.15) is 4.98 Å². The second-order valence-electron chi connectivity index (χ2n) is 7.01. The zero-order chi connectivity index (χ0) is 17.5. The van der Waals surface area contributed by atoms with Gasteiger partial charge in [-0.15, -0.1) is 0 Å². The first kappa shape index (κ1) is 15.5. The number of nitrogens with zero attached hydrogens (tertiary/aromatic N) is 3. The molecular weight excluding hydrogens is 336 g/mol. The fraction of sp³-hybridized carbons (Fsp3) is 0.500. The molecule has 0 spiro atoms. The maximum atomic E-state index is 12.1. The van der Waals surface area contributed by atoms with Gasteiger partial charge in [-0.25, -0.2) is 4.79 Å². The molecule has 26 heavy (non-hydrogen) atoms. The van der Waals surface area contributed by atoms with Crippen LogP contribution in [0.1, 0.15) is 37.5 Å². The van der Waals surface area contributed by atoms with Crippen LogP contribution in [0.15, 0.2) is 22.7 Å². The Bertz CT molecular complexity index is 824. The number of benzene rings is 1. The Labute approximate surface area is 150 Å². The molecule has 2 aromatic rings. The second-order valence-corrected chi connectivity index (χ2v) is 7.01. The number of aromatic nitrogens is 2. The third-order valence-electron chi connectivity index (χ3n) is 5.11. The highest BCUT2D eigenvalue weighted by molar-refractivity contribution is 5.75. The zero-order valence-electron chi connectivity index (χ0n) is 14.3. The molecule has 0 unspecified atom stereocenters. The van der Waals surface area contributed by atoms with Crippen molar-refractivity contribution in [3.05, 3.63) is 24.1 Å². The number of ether oxygens (including phenoxy) is 2. The third-order valence-corrected chi connectivity index (χ3v) is 5.11. The van der Waals surface area contributed by atoms with Crippen LogP contribution in [0.2, 0.25) is 0 Å². The summed E-state index contributed by atoms with van der Waals surface area (Å²) >= 11 is 0. The molecule has 1 saturated heterocycles. The van der Waals surface area contributed by atoms with Crippen LogP contribution in [0.5, 0.6) is 11.5 Å². The number of fused-ring (bicyclic) bond motifs is 1. The molecule has 1 saturated carbocycles. The number of likely N-dealkylation sites (tertiary alicyclic amines) is 1. The maximum Gasteiger partial charge on any atom is 0.317 e. The molecule has 8 heteroatoms. The fourth-order valence-corrected chi connectivity index (χ4v) is 3.38. The van der Waals surface area contributed by atoms with Crippen LogP contribution in [0, 0.1) is 0 Å². The number of carbonyl (C=O) groups excluding carboxylic acids is 1. The summed E-state index contributed by atoms with van der Waals surface area (Å²) in [4.78, 5) is 18.6. The Balaban J connectivity index is 1.24. The summed E-state index contributed by atoms with van der Waals surface area (Å²) in [6.07, 6.45) is 3.88. The van der Waals surface area contributed by atoms with E-state index in [1.54, 1.807) is 0 Å². The molecule has 3 aliphatic rings. The van der Waals surface area contributed by atoms with Crippen molar-refractivity contribution in [1.82, 2.24) is 20.4 Å². The quantitative estimate of drug-likeness (QED) is 0.909. The lowest BCUT2D eigenvalue weighted by atomic mass is 9.97. The Morgan fingerprint density at radius 2 is 1.92 bits per heavy atom. The molecule has 0 atom stereocenters. The minimum atomic E-state index is 0.0533. The van der Waals surface area contributed by atoms with Gasteiger partial charge in [-0.05, 0) is 43.9 Å². The van der Waals surface area contributed by atoms with Gasteiger partial charge < -0.3 is 24.2 Å². The van der Waals surface area contributed by atoms with E-state index in [9.17, 15) is 4.79 Å². The molecule has 5 rings (SSSR count). The molecular formula is C18H20N4O4. The van der Waals surface area contributed by atoms with E-state index in [1.165, 1.54) is 0 Å².